The van der Waals surface area contributed by atoms with Crippen LogP contribution in [0, 0.1) is 13.8 Å². The summed E-state index contributed by atoms with van der Waals surface area (Å²) in [6.45, 7) is 6.09. The number of rotatable bonds is 9. The first-order valence-corrected chi connectivity index (χ1v) is 10.9. The minimum atomic E-state index is -0.122. The smallest absolute Gasteiger partial charge is 0.252 e. The fraction of sp³-hybridized carbons (Fsp3) is 0.269. The Morgan fingerprint density at radius 1 is 1.03 bits per heavy atom. The van der Waals surface area contributed by atoms with Crippen LogP contribution in [0.3, 0.4) is 0 Å². The topological polar surface area (TPSA) is 69.0 Å². The summed E-state index contributed by atoms with van der Waals surface area (Å²) in [6.07, 6.45) is 4.74. The molecule has 0 atom stereocenters. The number of carbonyl (C=O) groups excluding carboxylic acids is 1. The Balaban J connectivity index is 1.39. The summed E-state index contributed by atoms with van der Waals surface area (Å²) in [7, 11) is 0. The predicted octanol–water partition coefficient (Wildman–Crippen LogP) is 4.49. The number of fused-ring (bicyclic) bond motifs is 1. The van der Waals surface area contributed by atoms with Crippen molar-refractivity contribution in [2.45, 2.75) is 33.2 Å². The summed E-state index contributed by atoms with van der Waals surface area (Å²) >= 11 is 0. The number of hydrogen-bond donors (Lipinski definition) is 1. The lowest BCUT2D eigenvalue weighted by atomic mass is 10.1. The van der Waals surface area contributed by atoms with E-state index in [1.807, 2.05) is 18.2 Å². The summed E-state index contributed by atoms with van der Waals surface area (Å²) < 4.78 is 8.32. The number of aryl methyl sites for hydroxylation is 3. The van der Waals surface area contributed by atoms with Crippen molar-refractivity contribution in [1.82, 2.24) is 19.9 Å². The molecule has 0 saturated heterocycles. The number of amides is 1. The van der Waals surface area contributed by atoms with Crippen molar-refractivity contribution in [2.75, 3.05) is 13.2 Å². The zero-order valence-corrected chi connectivity index (χ0v) is 18.5. The Morgan fingerprint density at radius 2 is 1.84 bits per heavy atom. The molecular weight excluding hydrogens is 400 g/mol. The van der Waals surface area contributed by atoms with Gasteiger partial charge in [0.05, 0.1) is 23.2 Å². The second kappa shape index (κ2) is 10.1. The molecule has 4 aromatic rings. The molecule has 0 aliphatic rings. The van der Waals surface area contributed by atoms with Gasteiger partial charge in [-0.25, -0.2) is 4.98 Å². The van der Waals surface area contributed by atoms with Crippen LogP contribution in [-0.4, -0.2) is 33.6 Å². The SMILES string of the molecule is Cc1cccc(C)c1OCCCn1c(CCNC(=O)c2cccnc2)nc2ccccc21. The van der Waals surface area contributed by atoms with Crippen LogP contribution in [-0.2, 0) is 13.0 Å². The number of pyridine rings is 1. The zero-order chi connectivity index (χ0) is 22.3. The highest BCUT2D eigenvalue weighted by Crippen LogP contribution is 2.23. The number of aromatic nitrogens is 3. The maximum absolute atomic E-state index is 12.3. The van der Waals surface area contributed by atoms with Crippen LogP contribution in [0.25, 0.3) is 11.0 Å². The van der Waals surface area contributed by atoms with Crippen LogP contribution in [0.1, 0.15) is 33.7 Å². The van der Waals surface area contributed by atoms with Gasteiger partial charge >= 0.3 is 0 Å². The number of ether oxygens (including phenoxy) is 1. The van der Waals surface area contributed by atoms with Crippen molar-refractivity contribution in [2.24, 2.45) is 0 Å². The van der Waals surface area contributed by atoms with Crippen LogP contribution in [0.5, 0.6) is 5.75 Å². The fourth-order valence-corrected chi connectivity index (χ4v) is 3.88. The van der Waals surface area contributed by atoms with Crippen molar-refractivity contribution in [3.05, 3.63) is 89.5 Å². The third kappa shape index (κ3) is 4.97. The van der Waals surface area contributed by atoms with E-state index in [9.17, 15) is 4.79 Å². The summed E-state index contributed by atoms with van der Waals surface area (Å²) in [5, 5.41) is 2.96. The van der Waals surface area contributed by atoms with E-state index >= 15 is 0 Å². The van der Waals surface area contributed by atoms with E-state index < -0.39 is 0 Å². The molecule has 4 rings (SSSR count). The first-order chi connectivity index (χ1) is 15.6. The molecule has 1 amide bonds. The maximum atomic E-state index is 12.3. The Labute approximate surface area is 188 Å². The van der Waals surface area contributed by atoms with Gasteiger partial charge in [-0.15, -0.1) is 0 Å². The van der Waals surface area contributed by atoms with Gasteiger partial charge in [0.25, 0.3) is 5.91 Å². The molecule has 0 bridgehead atoms. The highest BCUT2D eigenvalue weighted by molar-refractivity contribution is 5.93. The monoisotopic (exact) mass is 428 g/mol. The van der Waals surface area contributed by atoms with Gasteiger partial charge in [0, 0.05) is 31.9 Å². The molecule has 2 heterocycles. The largest absolute Gasteiger partial charge is 0.493 e. The lowest BCUT2D eigenvalue weighted by Gasteiger charge is -2.13. The number of carbonyl (C=O) groups is 1. The lowest BCUT2D eigenvalue weighted by molar-refractivity contribution is 0.0953. The van der Waals surface area contributed by atoms with E-state index in [0.717, 1.165) is 46.7 Å². The van der Waals surface area contributed by atoms with Gasteiger partial charge in [-0.3, -0.25) is 9.78 Å². The van der Waals surface area contributed by atoms with Crippen LogP contribution < -0.4 is 10.1 Å². The van der Waals surface area contributed by atoms with Crippen molar-refractivity contribution < 1.29 is 9.53 Å². The highest BCUT2D eigenvalue weighted by atomic mass is 16.5. The van der Waals surface area contributed by atoms with Gasteiger partial charge in [-0.1, -0.05) is 30.3 Å². The molecular formula is C26H28N4O2. The van der Waals surface area contributed by atoms with Crippen molar-refractivity contribution in [3.63, 3.8) is 0 Å². The Morgan fingerprint density at radius 3 is 2.62 bits per heavy atom. The van der Waals surface area contributed by atoms with E-state index in [0.29, 0.717) is 25.1 Å². The van der Waals surface area contributed by atoms with E-state index in [2.05, 4.69) is 53.0 Å². The second-order valence-electron chi connectivity index (χ2n) is 7.84. The highest BCUT2D eigenvalue weighted by Gasteiger charge is 2.12. The van der Waals surface area contributed by atoms with Gasteiger partial charge < -0.3 is 14.6 Å². The average molecular weight is 429 g/mol. The quantitative estimate of drug-likeness (QED) is 0.399. The molecule has 6 heteroatoms. The third-order valence-corrected chi connectivity index (χ3v) is 5.47. The summed E-state index contributed by atoms with van der Waals surface area (Å²) in [6, 6.07) is 17.9. The molecule has 0 spiro atoms. The van der Waals surface area contributed by atoms with Crippen LogP contribution in [0.15, 0.2) is 67.0 Å². The first-order valence-electron chi connectivity index (χ1n) is 10.9. The third-order valence-electron chi connectivity index (χ3n) is 5.47. The number of para-hydroxylation sites is 3. The van der Waals surface area contributed by atoms with E-state index in [1.54, 1.807) is 24.5 Å². The lowest BCUT2D eigenvalue weighted by Crippen LogP contribution is -2.26. The Hall–Kier alpha value is -3.67. The van der Waals surface area contributed by atoms with Crippen LogP contribution in [0.2, 0.25) is 0 Å². The van der Waals surface area contributed by atoms with Crippen molar-refractivity contribution in [1.29, 1.82) is 0 Å². The predicted molar refractivity (Wildman–Crippen MR) is 126 cm³/mol. The number of hydrogen-bond acceptors (Lipinski definition) is 4. The molecule has 0 radical (unpaired) electrons. The number of imidazole rings is 1. The molecule has 164 valence electrons. The maximum Gasteiger partial charge on any atom is 0.252 e. The van der Waals surface area contributed by atoms with E-state index in [-0.39, 0.29) is 5.91 Å². The summed E-state index contributed by atoms with van der Waals surface area (Å²) in [5.74, 6) is 1.81. The van der Waals surface area contributed by atoms with Gasteiger partial charge in [-0.05, 0) is 55.7 Å². The van der Waals surface area contributed by atoms with Crippen molar-refractivity contribution >= 4 is 16.9 Å². The summed E-state index contributed by atoms with van der Waals surface area (Å²) in [5.41, 5.74) is 4.95. The van der Waals surface area contributed by atoms with E-state index in [4.69, 9.17) is 9.72 Å². The summed E-state index contributed by atoms with van der Waals surface area (Å²) in [4.78, 5) is 21.1. The normalized spacial score (nSPS) is 10.9. The van der Waals surface area contributed by atoms with Crippen molar-refractivity contribution in [3.8, 4) is 5.75 Å². The van der Waals surface area contributed by atoms with Gasteiger partial charge in [-0.2, -0.15) is 0 Å². The molecule has 0 aliphatic heterocycles. The molecule has 2 aromatic carbocycles. The van der Waals surface area contributed by atoms with Gasteiger partial charge in [0.15, 0.2) is 0 Å². The molecule has 2 aromatic heterocycles. The van der Waals surface area contributed by atoms with Gasteiger partial charge in [0.1, 0.15) is 11.6 Å². The number of nitrogens with zero attached hydrogens (tertiary/aromatic N) is 3. The molecule has 6 nitrogen and oxygen atoms in total. The zero-order valence-electron chi connectivity index (χ0n) is 18.5. The Bertz CT molecular complexity index is 1180. The molecule has 0 aliphatic carbocycles. The molecule has 32 heavy (non-hydrogen) atoms. The Kier molecular flexibility index (Phi) is 6.80. The van der Waals surface area contributed by atoms with Gasteiger partial charge in [0.2, 0.25) is 0 Å². The fourth-order valence-electron chi connectivity index (χ4n) is 3.88. The van der Waals surface area contributed by atoms with E-state index in [1.165, 1.54) is 0 Å². The van der Waals surface area contributed by atoms with Crippen LogP contribution >= 0.6 is 0 Å². The molecule has 0 unspecified atom stereocenters. The van der Waals surface area contributed by atoms with Crippen LogP contribution in [0.4, 0.5) is 0 Å². The first kappa shape index (κ1) is 21.6. The minimum absolute atomic E-state index is 0.122. The molecule has 0 fully saturated rings. The second-order valence-corrected chi connectivity index (χ2v) is 7.84. The number of nitrogens with one attached hydrogen (secondary N) is 1. The minimum Gasteiger partial charge on any atom is -0.493 e. The molecule has 1 N–H and O–H groups in total. The standard InChI is InChI=1S/C26H28N4O2/c1-19-8-5-9-20(2)25(19)32-17-7-16-30-23-12-4-3-11-22(23)29-24(30)13-15-28-26(31)21-10-6-14-27-18-21/h3-6,8-12,14,18H,7,13,15-17H2,1-2H3,(H,28,31). The number of benzene rings is 2. The molecule has 0 saturated carbocycles. The average Bonchev–Trinajstić information content (AvgIpc) is 3.16.